The third-order valence-corrected chi connectivity index (χ3v) is 4.26. The second-order valence-corrected chi connectivity index (χ2v) is 6.15. The summed E-state index contributed by atoms with van der Waals surface area (Å²) in [7, 11) is 0. The largest absolute Gasteiger partial charge is 0.299 e. The molecule has 1 heterocycles. The molecule has 1 aromatic rings. The minimum Gasteiger partial charge on any atom is -0.299 e. The Bertz CT molecular complexity index is 384. The Labute approximate surface area is 111 Å². The van der Waals surface area contributed by atoms with Crippen molar-refractivity contribution in [3.8, 4) is 0 Å². The van der Waals surface area contributed by atoms with Gasteiger partial charge in [0.15, 0.2) is 0 Å². The second kappa shape index (κ2) is 5.49. The van der Waals surface area contributed by atoms with Crippen LogP contribution in [0.2, 0.25) is 0 Å². The van der Waals surface area contributed by atoms with Gasteiger partial charge in [-0.2, -0.15) is 0 Å². The maximum atomic E-state index is 13.4. The van der Waals surface area contributed by atoms with E-state index in [4.69, 9.17) is 0 Å². The molecule has 0 aliphatic carbocycles. The van der Waals surface area contributed by atoms with Crippen LogP contribution in [-0.4, -0.2) is 18.0 Å². The molecule has 0 radical (unpaired) electrons. The lowest BCUT2D eigenvalue weighted by molar-refractivity contribution is 0.134. The van der Waals surface area contributed by atoms with Crippen molar-refractivity contribution in [2.75, 3.05) is 13.1 Å². The first-order chi connectivity index (χ1) is 8.06. The molecular weight excluding hydrogens is 281 g/mol. The van der Waals surface area contributed by atoms with Gasteiger partial charge in [-0.25, -0.2) is 4.39 Å². The van der Waals surface area contributed by atoms with Gasteiger partial charge in [-0.1, -0.05) is 26.0 Å². The Morgan fingerprint density at radius 3 is 2.59 bits per heavy atom. The second-order valence-electron chi connectivity index (χ2n) is 5.35. The molecule has 3 heteroatoms. The highest BCUT2D eigenvalue weighted by Gasteiger charge is 2.22. The fourth-order valence-electron chi connectivity index (χ4n) is 2.83. The monoisotopic (exact) mass is 299 g/mol. The molecule has 17 heavy (non-hydrogen) atoms. The summed E-state index contributed by atoms with van der Waals surface area (Å²) < 4.78 is 14.0. The van der Waals surface area contributed by atoms with Crippen molar-refractivity contribution in [1.82, 2.24) is 4.90 Å². The molecule has 0 aromatic heterocycles. The molecule has 1 aliphatic heterocycles. The van der Waals surface area contributed by atoms with Gasteiger partial charge in [0.1, 0.15) is 5.82 Å². The lowest BCUT2D eigenvalue weighted by Gasteiger charge is -2.35. The van der Waals surface area contributed by atoms with Gasteiger partial charge in [0, 0.05) is 19.6 Å². The highest BCUT2D eigenvalue weighted by Crippen LogP contribution is 2.26. The van der Waals surface area contributed by atoms with Crippen molar-refractivity contribution in [3.05, 3.63) is 34.1 Å². The zero-order chi connectivity index (χ0) is 12.4. The minimum absolute atomic E-state index is 0.166. The topological polar surface area (TPSA) is 3.24 Å². The molecular formula is C14H19BrFN. The number of benzene rings is 1. The lowest BCUT2D eigenvalue weighted by atomic mass is 9.91. The SMILES string of the molecule is CC1CC(C)CN(Cc2cccc(F)c2Br)C1. The van der Waals surface area contributed by atoms with Gasteiger partial charge in [0.25, 0.3) is 0 Å². The van der Waals surface area contributed by atoms with Crippen LogP contribution in [-0.2, 0) is 6.54 Å². The van der Waals surface area contributed by atoms with Gasteiger partial charge in [-0.3, -0.25) is 4.90 Å². The Morgan fingerprint density at radius 2 is 1.94 bits per heavy atom. The standard InChI is InChI=1S/C14H19BrFN/c1-10-6-11(2)8-17(7-10)9-12-4-3-5-13(16)14(12)15/h3-5,10-11H,6-9H2,1-2H3. The van der Waals surface area contributed by atoms with E-state index >= 15 is 0 Å². The van der Waals surface area contributed by atoms with Crippen molar-refractivity contribution in [1.29, 1.82) is 0 Å². The molecule has 1 aromatic carbocycles. The van der Waals surface area contributed by atoms with Crippen molar-refractivity contribution in [3.63, 3.8) is 0 Å². The summed E-state index contributed by atoms with van der Waals surface area (Å²) in [6.45, 7) is 7.67. The van der Waals surface area contributed by atoms with Crippen molar-refractivity contribution >= 4 is 15.9 Å². The molecule has 1 saturated heterocycles. The van der Waals surface area contributed by atoms with Crippen molar-refractivity contribution in [2.45, 2.75) is 26.8 Å². The number of piperidine rings is 1. The number of halogens is 2. The van der Waals surface area contributed by atoms with Gasteiger partial charge in [0.05, 0.1) is 4.47 Å². The first-order valence-corrected chi connectivity index (χ1v) is 7.00. The number of rotatable bonds is 2. The molecule has 0 saturated carbocycles. The zero-order valence-corrected chi connectivity index (χ0v) is 12.0. The first-order valence-electron chi connectivity index (χ1n) is 6.21. The van der Waals surface area contributed by atoms with E-state index in [2.05, 4.69) is 34.7 Å². The van der Waals surface area contributed by atoms with Crippen LogP contribution in [0.1, 0.15) is 25.8 Å². The van der Waals surface area contributed by atoms with E-state index < -0.39 is 0 Å². The van der Waals surface area contributed by atoms with Crippen LogP contribution in [0.4, 0.5) is 4.39 Å². The van der Waals surface area contributed by atoms with E-state index in [1.165, 1.54) is 12.5 Å². The van der Waals surface area contributed by atoms with E-state index in [9.17, 15) is 4.39 Å². The Morgan fingerprint density at radius 1 is 1.29 bits per heavy atom. The average molecular weight is 300 g/mol. The normalized spacial score (nSPS) is 26.1. The predicted molar refractivity (Wildman–Crippen MR) is 72.3 cm³/mol. The van der Waals surface area contributed by atoms with E-state index in [0.29, 0.717) is 4.47 Å². The van der Waals surface area contributed by atoms with Crippen LogP contribution < -0.4 is 0 Å². The van der Waals surface area contributed by atoms with Crippen LogP contribution >= 0.6 is 15.9 Å². The summed E-state index contributed by atoms with van der Waals surface area (Å²) in [5, 5.41) is 0. The average Bonchev–Trinajstić information content (AvgIpc) is 2.23. The maximum absolute atomic E-state index is 13.4. The summed E-state index contributed by atoms with van der Waals surface area (Å²) in [5.74, 6) is 1.32. The highest BCUT2D eigenvalue weighted by molar-refractivity contribution is 9.10. The summed E-state index contributed by atoms with van der Waals surface area (Å²) in [4.78, 5) is 2.43. The third kappa shape index (κ3) is 3.29. The van der Waals surface area contributed by atoms with Crippen LogP contribution in [0, 0.1) is 17.7 Å². The zero-order valence-electron chi connectivity index (χ0n) is 10.4. The molecule has 2 unspecified atom stereocenters. The minimum atomic E-state index is -0.166. The van der Waals surface area contributed by atoms with Gasteiger partial charge in [-0.05, 0) is 45.8 Å². The van der Waals surface area contributed by atoms with Gasteiger partial charge in [0.2, 0.25) is 0 Å². The molecule has 2 rings (SSSR count). The number of nitrogens with zero attached hydrogens (tertiary/aromatic N) is 1. The number of hydrogen-bond acceptors (Lipinski definition) is 1. The molecule has 94 valence electrons. The van der Waals surface area contributed by atoms with Crippen LogP contribution in [0.25, 0.3) is 0 Å². The molecule has 0 spiro atoms. The summed E-state index contributed by atoms with van der Waals surface area (Å²) >= 11 is 3.34. The molecule has 2 atom stereocenters. The Hall–Kier alpha value is -0.410. The fraction of sp³-hybridized carbons (Fsp3) is 0.571. The summed E-state index contributed by atoms with van der Waals surface area (Å²) in [6, 6.07) is 5.28. The van der Waals surface area contributed by atoms with Crippen molar-refractivity contribution < 1.29 is 4.39 Å². The third-order valence-electron chi connectivity index (χ3n) is 3.37. The van der Waals surface area contributed by atoms with Gasteiger partial charge < -0.3 is 0 Å². The maximum Gasteiger partial charge on any atom is 0.137 e. The Kier molecular flexibility index (Phi) is 4.21. The summed E-state index contributed by atoms with van der Waals surface area (Å²) in [6.07, 6.45) is 1.31. The smallest absolute Gasteiger partial charge is 0.137 e. The molecule has 0 amide bonds. The number of hydrogen-bond donors (Lipinski definition) is 0. The lowest BCUT2D eigenvalue weighted by Crippen LogP contribution is -2.38. The molecule has 0 N–H and O–H groups in total. The molecule has 1 fully saturated rings. The van der Waals surface area contributed by atoms with Crippen molar-refractivity contribution in [2.24, 2.45) is 11.8 Å². The van der Waals surface area contributed by atoms with Gasteiger partial charge in [-0.15, -0.1) is 0 Å². The van der Waals surface area contributed by atoms with E-state index in [1.807, 2.05) is 6.07 Å². The van der Waals surface area contributed by atoms with E-state index in [0.717, 1.165) is 37.0 Å². The first kappa shape index (κ1) is 13.0. The van der Waals surface area contributed by atoms with E-state index in [1.54, 1.807) is 6.07 Å². The highest BCUT2D eigenvalue weighted by atomic mass is 79.9. The van der Waals surface area contributed by atoms with Crippen LogP contribution in [0.3, 0.4) is 0 Å². The molecule has 1 nitrogen and oxygen atoms in total. The van der Waals surface area contributed by atoms with Crippen LogP contribution in [0.5, 0.6) is 0 Å². The molecule has 1 aliphatic rings. The quantitative estimate of drug-likeness (QED) is 0.796. The number of likely N-dealkylation sites (tertiary alicyclic amines) is 1. The summed E-state index contributed by atoms with van der Waals surface area (Å²) in [5.41, 5.74) is 1.05. The van der Waals surface area contributed by atoms with Crippen LogP contribution in [0.15, 0.2) is 22.7 Å². The Balaban J connectivity index is 2.07. The fourth-order valence-corrected chi connectivity index (χ4v) is 3.22. The van der Waals surface area contributed by atoms with E-state index in [-0.39, 0.29) is 5.82 Å². The van der Waals surface area contributed by atoms with Gasteiger partial charge >= 0.3 is 0 Å². The molecule has 0 bridgehead atoms. The predicted octanol–water partition coefficient (Wildman–Crippen LogP) is 4.07.